The Bertz CT molecular complexity index is 413. The number of nitrogens with one attached hydrogen (secondary N) is 1. The zero-order chi connectivity index (χ0) is 15.0. The van der Waals surface area contributed by atoms with Gasteiger partial charge in [-0.15, -0.1) is 0 Å². The second-order valence-corrected chi connectivity index (χ2v) is 5.84. The van der Waals surface area contributed by atoms with Gasteiger partial charge in [0.25, 0.3) is 0 Å². The van der Waals surface area contributed by atoms with Crippen molar-refractivity contribution in [3.8, 4) is 5.75 Å². The molecule has 0 saturated heterocycles. The van der Waals surface area contributed by atoms with E-state index in [-0.39, 0.29) is 5.91 Å². The molecule has 0 spiro atoms. The Morgan fingerprint density at radius 2 is 1.90 bits per heavy atom. The molecule has 0 atom stereocenters. The molecule has 0 heterocycles. The standard InChI is InChI=1S/C17H27NO2/c1-13(2)12-18-17(19)10-7-11-20-16-9-6-5-8-15(16)14(3)4/h5-6,8-9,13-14H,7,10-12H2,1-4H3,(H,18,19). The number of hydrogen-bond acceptors (Lipinski definition) is 2. The summed E-state index contributed by atoms with van der Waals surface area (Å²) in [7, 11) is 0. The molecule has 0 bridgehead atoms. The molecule has 0 unspecified atom stereocenters. The molecule has 1 aromatic carbocycles. The Morgan fingerprint density at radius 1 is 1.20 bits per heavy atom. The van der Waals surface area contributed by atoms with Gasteiger partial charge in [-0.2, -0.15) is 0 Å². The molecule has 3 nitrogen and oxygen atoms in total. The van der Waals surface area contributed by atoms with Gasteiger partial charge in [-0.1, -0.05) is 45.9 Å². The maximum atomic E-state index is 11.6. The van der Waals surface area contributed by atoms with Crippen molar-refractivity contribution in [3.05, 3.63) is 29.8 Å². The van der Waals surface area contributed by atoms with Crippen LogP contribution < -0.4 is 10.1 Å². The third-order valence-electron chi connectivity index (χ3n) is 3.05. The van der Waals surface area contributed by atoms with E-state index in [4.69, 9.17) is 4.74 Å². The summed E-state index contributed by atoms with van der Waals surface area (Å²) in [6, 6.07) is 8.10. The Balaban J connectivity index is 2.29. The number of ether oxygens (including phenoxy) is 1. The number of hydrogen-bond donors (Lipinski definition) is 1. The maximum Gasteiger partial charge on any atom is 0.220 e. The van der Waals surface area contributed by atoms with Crippen LogP contribution in [0.1, 0.15) is 52.0 Å². The van der Waals surface area contributed by atoms with E-state index in [0.29, 0.717) is 24.9 Å². The lowest BCUT2D eigenvalue weighted by Gasteiger charge is -2.13. The van der Waals surface area contributed by atoms with E-state index in [9.17, 15) is 4.79 Å². The zero-order valence-corrected chi connectivity index (χ0v) is 13.1. The van der Waals surface area contributed by atoms with Gasteiger partial charge in [0, 0.05) is 13.0 Å². The average Bonchev–Trinajstić information content (AvgIpc) is 2.41. The fraction of sp³-hybridized carbons (Fsp3) is 0.588. The summed E-state index contributed by atoms with van der Waals surface area (Å²) in [5, 5.41) is 2.92. The maximum absolute atomic E-state index is 11.6. The first-order valence-electron chi connectivity index (χ1n) is 7.49. The summed E-state index contributed by atoms with van der Waals surface area (Å²) in [5.74, 6) is 1.98. The Labute approximate surface area is 122 Å². The molecular formula is C17H27NO2. The van der Waals surface area contributed by atoms with Gasteiger partial charge < -0.3 is 10.1 Å². The number of benzene rings is 1. The smallest absolute Gasteiger partial charge is 0.220 e. The molecule has 112 valence electrons. The van der Waals surface area contributed by atoms with Crippen molar-refractivity contribution >= 4 is 5.91 Å². The highest BCUT2D eigenvalue weighted by Gasteiger charge is 2.07. The van der Waals surface area contributed by atoms with Crippen LogP contribution in [0, 0.1) is 5.92 Å². The predicted octanol–water partition coefficient (Wildman–Crippen LogP) is 3.74. The highest BCUT2D eigenvalue weighted by Crippen LogP contribution is 2.25. The van der Waals surface area contributed by atoms with Gasteiger partial charge in [-0.05, 0) is 29.9 Å². The minimum atomic E-state index is 0.111. The third kappa shape index (κ3) is 6.09. The number of carbonyl (C=O) groups is 1. The van der Waals surface area contributed by atoms with Crippen LogP contribution >= 0.6 is 0 Å². The molecule has 3 heteroatoms. The lowest BCUT2D eigenvalue weighted by atomic mass is 10.0. The van der Waals surface area contributed by atoms with Crippen LogP contribution in [0.4, 0.5) is 0 Å². The van der Waals surface area contributed by atoms with E-state index in [2.05, 4.69) is 39.1 Å². The molecule has 0 aliphatic carbocycles. The fourth-order valence-electron chi connectivity index (χ4n) is 1.91. The Hall–Kier alpha value is -1.51. The van der Waals surface area contributed by atoms with Crippen LogP contribution in [0.15, 0.2) is 24.3 Å². The molecule has 0 aromatic heterocycles. The van der Waals surface area contributed by atoms with Crippen LogP contribution in [-0.4, -0.2) is 19.1 Å². The van der Waals surface area contributed by atoms with Gasteiger partial charge in [-0.25, -0.2) is 0 Å². The second-order valence-electron chi connectivity index (χ2n) is 5.84. The fourth-order valence-corrected chi connectivity index (χ4v) is 1.91. The lowest BCUT2D eigenvalue weighted by Crippen LogP contribution is -2.27. The SMILES string of the molecule is CC(C)CNC(=O)CCCOc1ccccc1C(C)C. The van der Waals surface area contributed by atoms with Gasteiger partial charge in [0.15, 0.2) is 0 Å². The van der Waals surface area contributed by atoms with Crippen LogP contribution in [0.3, 0.4) is 0 Å². The minimum Gasteiger partial charge on any atom is -0.493 e. The van der Waals surface area contributed by atoms with Crippen LogP contribution in [0.5, 0.6) is 5.75 Å². The first kappa shape index (κ1) is 16.5. The van der Waals surface area contributed by atoms with Gasteiger partial charge in [-0.3, -0.25) is 4.79 Å². The topological polar surface area (TPSA) is 38.3 Å². The van der Waals surface area contributed by atoms with E-state index >= 15 is 0 Å². The van der Waals surface area contributed by atoms with Gasteiger partial charge >= 0.3 is 0 Å². The summed E-state index contributed by atoms with van der Waals surface area (Å²) in [4.78, 5) is 11.6. The van der Waals surface area contributed by atoms with Crippen LogP contribution in [0.2, 0.25) is 0 Å². The number of rotatable bonds is 8. The predicted molar refractivity (Wildman–Crippen MR) is 83.1 cm³/mol. The molecule has 1 rings (SSSR count). The molecule has 1 N–H and O–H groups in total. The van der Waals surface area contributed by atoms with E-state index in [1.54, 1.807) is 0 Å². The molecule has 1 amide bonds. The van der Waals surface area contributed by atoms with E-state index in [1.165, 1.54) is 5.56 Å². The van der Waals surface area contributed by atoms with Crippen LogP contribution in [-0.2, 0) is 4.79 Å². The van der Waals surface area contributed by atoms with Crippen LogP contribution in [0.25, 0.3) is 0 Å². The Kier molecular flexibility index (Phi) is 7.13. The second kappa shape index (κ2) is 8.62. The first-order valence-corrected chi connectivity index (χ1v) is 7.49. The average molecular weight is 277 g/mol. The molecule has 0 aliphatic heterocycles. The molecule has 0 saturated carbocycles. The summed E-state index contributed by atoms with van der Waals surface area (Å²) in [5.41, 5.74) is 1.22. The Morgan fingerprint density at radius 3 is 2.55 bits per heavy atom. The van der Waals surface area contributed by atoms with Crippen molar-refractivity contribution in [1.82, 2.24) is 5.32 Å². The van der Waals surface area contributed by atoms with Crippen molar-refractivity contribution in [1.29, 1.82) is 0 Å². The van der Waals surface area contributed by atoms with Gasteiger partial charge in [0.05, 0.1) is 6.61 Å². The van der Waals surface area contributed by atoms with Crippen molar-refractivity contribution in [2.45, 2.75) is 46.5 Å². The monoisotopic (exact) mass is 277 g/mol. The van der Waals surface area contributed by atoms with Crippen molar-refractivity contribution in [2.24, 2.45) is 5.92 Å². The van der Waals surface area contributed by atoms with Crippen molar-refractivity contribution < 1.29 is 9.53 Å². The first-order chi connectivity index (χ1) is 9.50. The van der Waals surface area contributed by atoms with E-state index in [1.807, 2.05) is 18.2 Å². The lowest BCUT2D eigenvalue weighted by molar-refractivity contribution is -0.121. The summed E-state index contributed by atoms with van der Waals surface area (Å²) in [6.45, 7) is 9.82. The number of para-hydroxylation sites is 1. The summed E-state index contributed by atoms with van der Waals surface area (Å²) in [6.07, 6.45) is 1.27. The number of carbonyl (C=O) groups excluding carboxylic acids is 1. The third-order valence-corrected chi connectivity index (χ3v) is 3.05. The summed E-state index contributed by atoms with van der Waals surface area (Å²) < 4.78 is 5.79. The largest absolute Gasteiger partial charge is 0.493 e. The molecule has 1 aromatic rings. The molecule has 0 radical (unpaired) electrons. The van der Waals surface area contributed by atoms with Crippen molar-refractivity contribution in [3.63, 3.8) is 0 Å². The molecule has 0 aliphatic rings. The molecule has 0 fully saturated rings. The normalized spacial score (nSPS) is 10.9. The van der Waals surface area contributed by atoms with E-state index < -0.39 is 0 Å². The number of amides is 1. The highest BCUT2D eigenvalue weighted by atomic mass is 16.5. The molecular weight excluding hydrogens is 250 g/mol. The van der Waals surface area contributed by atoms with Crippen molar-refractivity contribution in [2.75, 3.05) is 13.2 Å². The summed E-state index contributed by atoms with van der Waals surface area (Å²) >= 11 is 0. The quantitative estimate of drug-likeness (QED) is 0.735. The van der Waals surface area contributed by atoms with Gasteiger partial charge in [0.2, 0.25) is 5.91 Å². The van der Waals surface area contributed by atoms with E-state index in [0.717, 1.165) is 18.7 Å². The minimum absolute atomic E-state index is 0.111. The molecule has 20 heavy (non-hydrogen) atoms. The van der Waals surface area contributed by atoms with Gasteiger partial charge in [0.1, 0.15) is 5.75 Å². The zero-order valence-electron chi connectivity index (χ0n) is 13.1. The highest BCUT2D eigenvalue weighted by molar-refractivity contribution is 5.75.